The third-order valence-corrected chi connectivity index (χ3v) is 2.86. The largest absolute Gasteiger partial charge is 0.336 e. The number of halogens is 5. The molecule has 0 saturated carbocycles. The SMILES string of the molecule is O=C(c1cc(F)c(Cl)cc1F)N(CCCl)CCCl. The predicted octanol–water partition coefficient (Wildman–Crippen LogP) is 3.54. The van der Waals surface area contributed by atoms with Gasteiger partial charge >= 0.3 is 0 Å². The summed E-state index contributed by atoms with van der Waals surface area (Å²) in [5.41, 5.74) is -0.382. The van der Waals surface area contributed by atoms with E-state index in [1.807, 2.05) is 0 Å². The molecular weight excluding hydrogens is 306 g/mol. The second-order valence-corrected chi connectivity index (χ2v) is 4.58. The molecule has 18 heavy (non-hydrogen) atoms. The average Bonchev–Trinajstić information content (AvgIpc) is 2.33. The monoisotopic (exact) mass is 315 g/mol. The fourth-order valence-electron chi connectivity index (χ4n) is 1.38. The van der Waals surface area contributed by atoms with E-state index in [9.17, 15) is 13.6 Å². The van der Waals surface area contributed by atoms with Crippen molar-refractivity contribution in [2.75, 3.05) is 24.8 Å². The Morgan fingerprint density at radius 2 is 1.67 bits per heavy atom. The molecule has 2 nitrogen and oxygen atoms in total. The normalized spacial score (nSPS) is 10.5. The highest BCUT2D eigenvalue weighted by Gasteiger charge is 2.20. The minimum absolute atomic E-state index is 0.181. The van der Waals surface area contributed by atoms with E-state index < -0.39 is 17.5 Å². The van der Waals surface area contributed by atoms with Gasteiger partial charge in [0.2, 0.25) is 0 Å². The van der Waals surface area contributed by atoms with Crippen LogP contribution in [0.15, 0.2) is 12.1 Å². The van der Waals surface area contributed by atoms with E-state index in [1.165, 1.54) is 4.90 Å². The Morgan fingerprint density at radius 3 is 2.17 bits per heavy atom. The van der Waals surface area contributed by atoms with Crippen LogP contribution in [0.2, 0.25) is 5.02 Å². The molecule has 0 unspecified atom stereocenters. The summed E-state index contributed by atoms with van der Waals surface area (Å²) in [5.74, 6) is -2.02. The Kier molecular flexibility index (Phi) is 6.12. The highest BCUT2D eigenvalue weighted by molar-refractivity contribution is 6.30. The first-order chi connectivity index (χ1) is 8.51. The zero-order valence-corrected chi connectivity index (χ0v) is 11.5. The third kappa shape index (κ3) is 3.70. The molecule has 0 fully saturated rings. The Balaban J connectivity index is 3.04. The van der Waals surface area contributed by atoms with Crippen molar-refractivity contribution in [3.05, 3.63) is 34.4 Å². The molecule has 0 radical (unpaired) electrons. The summed E-state index contributed by atoms with van der Waals surface area (Å²) in [5, 5.41) is -0.370. The molecule has 0 aromatic heterocycles. The van der Waals surface area contributed by atoms with Crippen molar-refractivity contribution in [2.45, 2.75) is 0 Å². The summed E-state index contributed by atoms with van der Waals surface area (Å²) in [4.78, 5) is 13.2. The van der Waals surface area contributed by atoms with Gasteiger partial charge in [-0.1, -0.05) is 11.6 Å². The minimum atomic E-state index is -0.874. The van der Waals surface area contributed by atoms with Crippen molar-refractivity contribution in [1.29, 1.82) is 0 Å². The van der Waals surface area contributed by atoms with Gasteiger partial charge in [-0.25, -0.2) is 8.78 Å². The summed E-state index contributed by atoms with van der Waals surface area (Å²) in [6, 6.07) is 1.54. The highest BCUT2D eigenvalue weighted by Crippen LogP contribution is 2.20. The average molecular weight is 317 g/mol. The number of alkyl halides is 2. The van der Waals surface area contributed by atoms with Crippen molar-refractivity contribution < 1.29 is 13.6 Å². The number of carbonyl (C=O) groups is 1. The molecule has 1 amide bonds. The van der Waals surface area contributed by atoms with Crippen LogP contribution in [-0.4, -0.2) is 35.7 Å². The molecule has 0 aliphatic heterocycles. The van der Waals surface area contributed by atoms with Crippen LogP contribution < -0.4 is 0 Å². The van der Waals surface area contributed by atoms with Gasteiger partial charge in [-0.05, 0) is 12.1 Å². The van der Waals surface area contributed by atoms with E-state index >= 15 is 0 Å². The van der Waals surface area contributed by atoms with Crippen molar-refractivity contribution in [2.24, 2.45) is 0 Å². The lowest BCUT2D eigenvalue weighted by molar-refractivity contribution is 0.0770. The Hall–Kier alpha value is -0.580. The van der Waals surface area contributed by atoms with Crippen LogP contribution in [0.4, 0.5) is 8.78 Å². The van der Waals surface area contributed by atoms with Crippen LogP contribution in [0, 0.1) is 11.6 Å². The standard InChI is InChI=1S/C11H10Cl3F2NO/c12-1-3-17(4-2-13)11(18)7-5-10(16)8(14)6-9(7)15/h5-6H,1-4H2. The lowest BCUT2D eigenvalue weighted by atomic mass is 10.1. The molecule has 0 atom stereocenters. The second kappa shape index (κ2) is 7.12. The van der Waals surface area contributed by atoms with Gasteiger partial charge in [0.25, 0.3) is 5.91 Å². The number of carbonyl (C=O) groups excluding carboxylic acids is 1. The van der Waals surface area contributed by atoms with Gasteiger partial charge in [0.05, 0.1) is 10.6 Å². The second-order valence-electron chi connectivity index (χ2n) is 3.42. The summed E-state index contributed by atoms with van der Waals surface area (Å²) < 4.78 is 26.8. The Morgan fingerprint density at radius 1 is 1.11 bits per heavy atom. The van der Waals surface area contributed by atoms with Gasteiger partial charge in [0.15, 0.2) is 0 Å². The smallest absolute Gasteiger partial charge is 0.257 e. The van der Waals surface area contributed by atoms with Gasteiger partial charge in [-0.15, -0.1) is 23.2 Å². The van der Waals surface area contributed by atoms with E-state index in [2.05, 4.69) is 0 Å². The van der Waals surface area contributed by atoms with Gasteiger partial charge in [0.1, 0.15) is 11.6 Å². The number of amides is 1. The molecule has 0 heterocycles. The molecule has 1 aromatic carbocycles. The maximum atomic E-state index is 13.6. The van der Waals surface area contributed by atoms with Crippen LogP contribution >= 0.6 is 34.8 Å². The van der Waals surface area contributed by atoms with Crippen molar-refractivity contribution in [1.82, 2.24) is 4.90 Å². The molecule has 1 aromatic rings. The molecule has 0 N–H and O–H groups in total. The van der Waals surface area contributed by atoms with Gasteiger partial charge in [-0.2, -0.15) is 0 Å². The van der Waals surface area contributed by atoms with Crippen molar-refractivity contribution >= 4 is 40.7 Å². The van der Waals surface area contributed by atoms with E-state index in [-0.39, 0.29) is 35.4 Å². The highest BCUT2D eigenvalue weighted by atomic mass is 35.5. The molecule has 0 spiro atoms. The minimum Gasteiger partial charge on any atom is -0.336 e. The summed E-state index contributed by atoms with van der Waals surface area (Å²) >= 11 is 16.5. The van der Waals surface area contributed by atoms with E-state index in [0.29, 0.717) is 0 Å². The van der Waals surface area contributed by atoms with Crippen molar-refractivity contribution in [3.8, 4) is 0 Å². The zero-order chi connectivity index (χ0) is 13.7. The fourth-order valence-corrected chi connectivity index (χ4v) is 1.93. The van der Waals surface area contributed by atoms with Crippen LogP contribution in [0.3, 0.4) is 0 Å². The number of hydrogen-bond acceptors (Lipinski definition) is 1. The van der Waals surface area contributed by atoms with Crippen LogP contribution in [0.5, 0.6) is 0 Å². The van der Waals surface area contributed by atoms with E-state index in [4.69, 9.17) is 34.8 Å². The molecule has 7 heteroatoms. The molecule has 1 rings (SSSR count). The maximum Gasteiger partial charge on any atom is 0.257 e. The van der Waals surface area contributed by atoms with Crippen molar-refractivity contribution in [3.63, 3.8) is 0 Å². The lowest BCUT2D eigenvalue weighted by Crippen LogP contribution is -2.35. The van der Waals surface area contributed by atoms with E-state index in [0.717, 1.165) is 12.1 Å². The van der Waals surface area contributed by atoms with Gasteiger partial charge < -0.3 is 4.90 Å². The number of hydrogen-bond donors (Lipinski definition) is 0. The van der Waals surface area contributed by atoms with Gasteiger partial charge in [-0.3, -0.25) is 4.79 Å². The van der Waals surface area contributed by atoms with Gasteiger partial charge in [0, 0.05) is 24.8 Å². The molecule has 0 aliphatic rings. The molecule has 100 valence electrons. The topological polar surface area (TPSA) is 20.3 Å². The molecular formula is C11H10Cl3F2NO. The summed E-state index contributed by atoms with van der Waals surface area (Å²) in [6.07, 6.45) is 0. The third-order valence-electron chi connectivity index (χ3n) is 2.24. The van der Waals surface area contributed by atoms with Crippen LogP contribution in [0.1, 0.15) is 10.4 Å². The fraction of sp³-hybridized carbons (Fsp3) is 0.364. The first-order valence-corrected chi connectivity index (χ1v) is 6.51. The lowest BCUT2D eigenvalue weighted by Gasteiger charge is -2.20. The molecule has 0 bridgehead atoms. The Bertz CT molecular complexity index is 437. The van der Waals surface area contributed by atoms with Crippen LogP contribution in [0.25, 0.3) is 0 Å². The first-order valence-electron chi connectivity index (χ1n) is 5.07. The van der Waals surface area contributed by atoms with Crippen LogP contribution in [-0.2, 0) is 0 Å². The predicted molar refractivity (Wildman–Crippen MR) is 68.7 cm³/mol. The number of benzene rings is 1. The summed E-state index contributed by atoms with van der Waals surface area (Å²) in [6.45, 7) is 0.410. The molecule has 0 aliphatic carbocycles. The summed E-state index contributed by atoms with van der Waals surface area (Å²) in [7, 11) is 0. The number of rotatable bonds is 5. The quantitative estimate of drug-likeness (QED) is 0.601. The van der Waals surface area contributed by atoms with E-state index in [1.54, 1.807) is 0 Å². The zero-order valence-electron chi connectivity index (χ0n) is 9.23. The number of nitrogens with zero attached hydrogens (tertiary/aromatic N) is 1. The maximum absolute atomic E-state index is 13.6. The first kappa shape index (κ1) is 15.5. The Labute approximate surface area is 118 Å². The molecule has 0 saturated heterocycles.